The van der Waals surface area contributed by atoms with Crippen LogP contribution in [-0.2, 0) is 11.2 Å². The topological polar surface area (TPSA) is 48.0 Å². The maximum absolute atomic E-state index is 13.0. The Kier molecular flexibility index (Phi) is 8.70. The number of carbonyl (C=O) groups is 1. The van der Waals surface area contributed by atoms with Crippen molar-refractivity contribution >= 4 is 57.6 Å². The molecule has 3 aromatic carbocycles. The lowest BCUT2D eigenvalue weighted by molar-refractivity contribution is -0.113. The highest BCUT2D eigenvalue weighted by Gasteiger charge is 2.33. The number of methoxy groups -OCH3 is 1. The van der Waals surface area contributed by atoms with Gasteiger partial charge in [-0.2, -0.15) is 0 Å². The van der Waals surface area contributed by atoms with Crippen LogP contribution in [0.3, 0.4) is 0 Å². The van der Waals surface area contributed by atoms with Crippen LogP contribution in [0.4, 0.5) is 5.69 Å². The largest absolute Gasteiger partial charge is 0.493 e. The van der Waals surface area contributed by atoms with Crippen LogP contribution in [0, 0.1) is 0 Å². The van der Waals surface area contributed by atoms with Crippen molar-refractivity contribution in [2.24, 2.45) is 0 Å². The number of allylic oxidation sites excluding steroid dienone is 1. The van der Waals surface area contributed by atoms with Crippen LogP contribution in [0.1, 0.15) is 11.1 Å². The summed E-state index contributed by atoms with van der Waals surface area (Å²) >= 11 is 13.2. The standard InChI is InChI=1S/C28H24ClNO4S2/c1-3-9-20-10-7-8-13-23(20)33-14-15-34-26-22(29)16-19(17-24(26)32-2)18-25-27(31)30(28(35)36-25)21-11-5-4-6-12-21/h3-8,10-13,16-18H,1,9,14-15H2,2H3/b25-18-. The molecule has 3 aromatic rings. The van der Waals surface area contributed by atoms with Crippen LogP contribution in [0.5, 0.6) is 17.2 Å². The number of ether oxygens (including phenoxy) is 3. The second-order valence-corrected chi connectivity index (χ2v) is 9.77. The smallest absolute Gasteiger partial charge is 0.270 e. The number of hydrogen-bond donors (Lipinski definition) is 0. The van der Waals surface area contributed by atoms with Crippen molar-refractivity contribution in [3.05, 3.63) is 100 Å². The Morgan fingerprint density at radius 1 is 1.03 bits per heavy atom. The molecule has 0 N–H and O–H groups in total. The normalized spacial score (nSPS) is 14.3. The van der Waals surface area contributed by atoms with Gasteiger partial charge in [0.15, 0.2) is 15.8 Å². The predicted octanol–water partition coefficient (Wildman–Crippen LogP) is 6.94. The maximum Gasteiger partial charge on any atom is 0.270 e. The number of nitrogens with zero attached hydrogens (tertiary/aromatic N) is 1. The van der Waals surface area contributed by atoms with Gasteiger partial charge < -0.3 is 14.2 Å². The lowest BCUT2D eigenvalue weighted by Crippen LogP contribution is -2.27. The fraction of sp³-hybridized carbons (Fsp3) is 0.143. The lowest BCUT2D eigenvalue weighted by Gasteiger charge is -2.15. The van der Waals surface area contributed by atoms with E-state index in [2.05, 4.69) is 6.58 Å². The number of halogens is 1. The van der Waals surface area contributed by atoms with Crippen molar-refractivity contribution in [1.82, 2.24) is 0 Å². The minimum atomic E-state index is -0.180. The van der Waals surface area contributed by atoms with E-state index in [0.717, 1.165) is 23.4 Å². The molecular weight excluding hydrogens is 514 g/mol. The number of benzene rings is 3. The molecule has 1 aliphatic rings. The fourth-order valence-corrected chi connectivity index (χ4v) is 5.22. The van der Waals surface area contributed by atoms with E-state index < -0.39 is 0 Å². The zero-order valence-corrected chi connectivity index (χ0v) is 22.0. The van der Waals surface area contributed by atoms with Gasteiger partial charge in [-0.3, -0.25) is 9.69 Å². The molecule has 1 aliphatic heterocycles. The summed E-state index contributed by atoms with van der Waals surface area (Å²) in [6.45, 7) is 4.39. The van der Waals surface area contributed by atoms with Crippen molar-refractivity contribution < 1.29 is 19.0 Å². The highest BCUT2D eigenvalue weighted by atomic mass is 35.5. The Morgan fingerprint density at radius 2 is 1.75 bits per heavy atom. The molecule has 1 heterocycles. The zero-order valence-electron chi connectivity index (χ0n) is 19.6. The van der Waals surface area contributed by atoms with E-state index in [-0.39, 0.29) is 12.5 Å². The molecule has 5 nitrogen and oxygen atoms in total. The maximum atomic E-state index is 13.0. The highest BCUT2D eigenvalue weighted by molar-refractivity contribution is 8.27. The monoisotopic (exact) mass is 537 g/mol. The fourth-order valence-electron chi connectivity index (χ4n) is 3.65. The van der Waals surface area contributed by atoms with E-state index in [1.165, 1.54) is 16.7 Å². The second kappa shape index (κ2) is 12.1. The molecular formula is C28H24ClNO4S2. The third-order valence-corrected chi connectivity index (χ3v) is 6.86. The first-order valence-corrected chi connectivity index (χ1v) is 12.8. The molecule has 0 aromatic heterocycles. The minimum absolute atomic E-state index is 0.180. The first kappa shape index (κ1) is 25.8. The van der Waals surface area contributed by atoms with Crippen molar-refractivity contribution in [2.45, 2.75) is 6.42 Å². The number of carbonyl (C=O) groups excluding carboxylic acids is 1. The molecule has 8 heteroatoms. The third-order valence-electron chi connectivity index (χ3n) is 5.28. The van der Waals surface area contributed by atoms with E-state index in [0.29, 0.717) is 37.9 Å². The van der Waals surface area contributed by atoms with E-state index >= 15 is 0 Å². The average molecular weight is 538 g/mol. The number of anilines is 1. The average Bonchev–Trinajstić information content (AvgIpc) is 3.16. The quantitative estimate of drug-likeness (QED) is 0.121. The Hall–Kier alpha value is -3.26. The lowest BCUT2D eigenvalue weighted by atomic mass is 10.1. The van der Waals surface area contributed by atoms with Gasteiger partial charge in [0.2, 0.25) is 0 Å². The van der Waals surface area contributed by atoms with Gasteiger partial charge in [0.1, 0.15) is 19.0 Å². The molecule has 0 radical (unpaired) electrons. The molecule has 1 fully saturated rings. The van der Waals surface area contributed by atoms with Gasteiger partial charge in [-0.05, 0) is 54.0 Å². The number of hydrogen-bond acceptors (Lipinski definition) is 6. The van der Waals surface area contributed by atoms with Crippen LogP contribution in [0.2, 0.25) is 5.02 Å². The number of amides is 1. The number of thioether (sulfide) groups is 1. The molecule has 0 aliphatic carbocycles. The zero-order chi connectivity index (χ0) is 25.5. The van der Waals surface area contributed by atoms with E-state index in [1.807, 2.05) is 60.7 Å². The molecule has 0 saturated carbocycles. The Balaban J connectivity index is 1.45. The Morgan fingerprint density at radius 3 is 2.50 bits per heavy atom. The molecule has 0 spiro atoms. The van der Waals surface area contributed by atoms with Gasteiger partial charge >= 0.3 is 0 Å². The second-order valence-electron chi connectivity index (χ2n) is 7.68. The summed E-state index contributed by atoms with van der Waals surface area (Å²) in [7, 11) is 1.54. The first-order chi connectivity index (χ1) is 17.5. The van der Waals surface area contributed by atoms with Crippen LogP contribution in [0.15, 0.2) is 84.3 Å². The summed E-state index contributed by atoms with van der Waals surface area (Å²) in [5.41, 5.74) is 2.50. The molecule has 4 rings (SSSR count). The summed E-state index contributed by atoms with van der Waals surface area (Å²) in [6.07, 6.45) is 4.31. The van der Waals surface area contributed by atoms with Crippen molar-refractivity contribution in [3.63, 3.8) is 0 Å². The number of rotatable bonds is 10. The van der Waals surface area contributed by atoms with Crippen molar-refractivity contribution in [2.75, 3.05) is 25.2 Å². The Labute approximate surface area is 225 Å². The van der Waals surface area contributed by atoms with E-state index in [4.69, 9.17) is 38.0 Å². The Bertz CT molecular complexity index is 1310. The SMILES string of the molecule is C=CCc1ccccc1OCCOc1c(Cl)cc(/C=C2\SC(=S)N(c3ccccc3)C2=O)cc1OC. The van der Waals surface area contributed by atoms with Crippen LogP contribution in [0.25, 0.3) is 6.08 Å². The molecule has 1 saturated heterocycles. The number of thiocarbonyl (C=S) groups is 1. The first-order valence-electron chi connectivity index (χ1n) is 11.2. The predicted molar refractivity (Wildman–Crippen MR) is 151 cm³/mol. The third kappa shape index (κ3) is 5.93. The van der Waals surface area contributed by atoms with Crippen molar-refractivity contribution in [3.8, 4) is 17.2 Å². The molecule has 0 unspecified atom stereocenters. The molecule has 1 amide bonds. The van der Waals surface area contributed by atoms with Crippen LogP contribution in [-0.4, -0.2) is 30.6 Å². The van der Waals surface area contributed by atoms with Gasteiger partial charge in [0, 0.05) is 0 Å². The summed E-state index contributed by atoms with van der Waals surface area (Å²) < 4.78 is 17.8. The summed E-state index contributed by atoms with van der Waals surface area (Å²) in [5.74, 6) is 1.48. The molecule has 36 heavy (non-hydrogen) atoms. The minimum Gasteiger partial charge on any atom is -0.493 e. The van der Waals surface area contributed by atoms with Gasteiger partial charge in [-0.15, -0.1) is 6.58 Å². The molecule has 184 valence electrons. The van der Waals surface area contributed by atoms with Gasteiger partial charge in [-0.25, -0.2) is 0 Å². The van der Waals surface area contributed by atoms with Gasteiger partial charge in [-0.1, -0.05) is 78.1 Å². The summed E-state index contributed by atoms with van der Waals surface area (Å²) in [5, 5.41) is 0.367. The van der Waals surface area contributed by atoms with Gasteiger partial charge in [0.05, 0.1) is 22.7 Å². The van der Waals surface area contributed by atoms with E-state index in [1.54, 1.807) is 25.3 Å². The van der Waals surface area contributed by atoms with Crippen LogP contribution < -0.4 is 19.1 Å². The summed E-state index contributed by atoms with van der Waals surface area (Å²) in [6, 6.07) is 20.6. The summed E-state index contributed by atoms with van der Waals surface area (Å²) in [4.78, 5) is 15.0. The van der Waals surface area contributed by atoms with Crippen molar-refractivity contribution in [1.29, 1.82) is 0 Å². The highest BCUT2D eigenvalue weighted by Crippen LogP contribution is 2.40. The van der Waals surface area contributed by atoms with Gasteiger partial charge in [0.25, 0.3) is 5.91 Å². The number of para-hydroxylation sites is 2. The molecule has 0 bridgehead atoms. The van der Waals surface area contributed by atoms with E-state index in [9.17, 15) is 4.79 Å². The van der Waals surface area contributed by atoms with Crippen LogP contribution >= 0.6 is 35.6 Å². The molecule has 0 atom stereocenters.